The molecule has 1 saturated heterocycles. The van der Waals surface area contributed by atoms with Crippen molar-refractivity contribution in [3.8, 4) is 0 Å². The van der Waals surface area contributed by atoms with Gasteiger partial charge < -0.3 is 24.4 Å². The minimum Gasteiger partial charge on any atom is -0.444 e. The Labute approximate surface area is 205 Å². The summed E-state index contributed by atoms with van der Waals surface area (Å²) < 4.78 is 16.4. The molecule has 0 spiro atoms. The minimum absolute atomic E-state index is 0.0175. The number of nitrogens with one attached hydrogen (secondary N) is 1. The number of anilines is 2. The van der Waals surface area contributed by atoms with Gasteiger partial charge in [0.25, 0.3) is 0 Å². The normalized spacial score (nSPS) is 16.8. The quantitative estimate of drug-likeness (QED) is 0.623. The molecule has 10 heteroatoms. The van der Waals surface area contributed by atoms with Gasteiger partial charge in [0.05, 0.1) is 37.4 Å². The van der Waals surface area contributed by atoms with Crippen LogP contribution in [0.3, 0.4) is 0 Å². The van der Waals surface area contributed by atoms with Crippen LogP contribution in [0.15, 0.2) is 30.5 Å². The predicted octanol–water partition coefficient (Wildman–Crippen LogP) is 4.26. The summed E-state index contributed by atoms with van der Waals surface area (Å²) in [6.07, 6.45) is 1.02. The van der Waals surface area contributed by atoms with Crippen molar-refractivity contribution in [3.63, 3.8) is 0 Å². The van der Waals surface area contributed by atoms with Gasteiger partial charge >= 0.3 is 12.2 Å². The van der Waals surface area contributed by atoms with Gasteiger partial charge in [-0.3, -0.25) is 4.90 Å². The van der Waals surface area contributed by atoms with Crippen molar-refractivity contribution in [3.05, 3.63) is 47.2 Å². The van der Waals surface area contributed by atoms with Gasteiger partial charge in [-0.25, -0.2) is 14.6 Å². The summed E-state index contributed by atoms with van der Waals surface area (Å²) in [4.78, 5) is 36.1. The molecule has 1 atom stereocenters. The van der Waals surface area contributed by atoms with Crippen molar-refractivity contribution < 1.29 is 23.8 Å². The van der Waals surface area contributed by atoms with Gasteiger partial charge in [0.1, 0.15) is 18.0 Å². The number of benzene rings is 1. The SMILES string of the molecule is CCN1C(=O)OCc2cnc(NC(C)c3ccc(COC4CN(C(=O)OC(C)(C)C)C4)cc3)nc21. The van der Waals surface area contributed by atoms with E-state index in [9.17, 15) is 9.59 Å². The lowest BCUT2D eigenvalue weighted by atomic mass is 10.1. The number of likely N-dealkylation sites (tertiary alicyclic amines) is 1. The maximum absolute atomic E-state index is 12.0. The summed E-state index contributed by atoms with van der Waals surface area (Å²) in [7, 11) is 0. The number of hydrogen-bond donors (Lipinski definition) is 1. The van der Waals surface area contributed by atoms with E-state index in [0.29, 0.717) is 38.0 Å². The Morgan fingerprint density at radius 1 is 1.26 bits per heavy atom. The molecular formula is C25H33N5O5. The van der Waals surface area contributed by atoms with Crippen LogP contribution in [0.5, 0.6) is 0 Å². The molecule has 188 valence electrons. The molecule has 1 aromatic heterocycles. The minimum atomic E-state index is -0.493. The van der Waals surface area contributed by atoms with Gasteiger partial charge in [-0.2, -0.15) is 4.98 Å². The molecule has 4 rings (SSSR count). The number of rotatable bonds is 7. The number of fused-ring (bicyclic) bond motifs is 1. The molecule has 1 N–H and O–H groups in total. The topological polar surface area (TPSA) is 106 Å². The molecule has 35 heavy (non-hydrogen) atoms. The highest BCUT2D eigenvalue weighted by Gasteiger charge is 2.34. The van der Waals surface area contributed by atoms with Crippen molar-refractivity contribution in [2.45, 2.75) is 65.6 Å². The van der Waals surface area contributed by atoms with Crippen molar-refractivity contribution >= 4 is 24.0 Å². The fraction of sp³-hybridized carbons (Fsp3) is 0.520. The van der Waals surface area contributed by atoms with E-state index in [1.54, 1.807) is 11.1 Å². The van der Waals surface area contributed by atoms with Crippen molar-refractivity contribution in [2.24, 2.45) is 0 Å². The number of carbonyl (C=O) groups excluding carboxylic acids is 2. The molecule has 1 fully saturated rings. The van der Waals surface area contributed by atoms with E-state index in [4.69, 9.17) is 14.2 Å². The van der Waals surface area contributed by atoms with E-state index >= 15 is 0 Å². The molecule has 0 aliphatic carbocycles. The van der Waals surface area contributed by atoms with E-state index in [-0.39, 0.29) is 24.8 Å². The maximum atomic E-state index is 12.0. The lowest BCUT2D eigenvalue weighted by molar-refractivity contribution is -0.0691. The Balaban J connectivity index is 1.27. The largest absolute Gasteiger partial charge is 0.444 e. The number of ether oxygens (including phenoxy) is 3. The van der Waals surface area contributed by atoms with E-state index < -0.39 is 11.7 Å². The molecule has 2 aromatic rings. The van der Waals surface area contributed by atoms with Crippen LogP contribution >= 0.6 is 0 Å². The maximum Gasteiger partial charge on any atom is 0.415 e. The molecule has 2 amide bonds. The number of hydrogen-bond acceptors (Lipinski definition) is 8. The molecule has 2 aliphatic heterocycles. The first kappa shape index (κ1) is 24.7. The third-order valence-corrected chi connectivity index (χ3v) is 5.80. The molecule has 0 saturated carbocycles. The third-order valence-electron chi connectivity index (χ3n) is 5.80. The average Bonchev–Trinajstić information content (AvgIpc) is 2.77. The summed E-state index contributed by atoms with van der Waals surface area (Å²) in [6, 6.07) is 8.10. The molecule has 1 aromatic carbocycles. The number of aromatic nitrogens is 2. The first-order chi connectivity index (χ1) is 16.6. The third kappa shape index (κ3) is 6.00. The van der Waals surface area contributed by atoms with Crippen molar-refractivity contribution in [1.82, 2.24) is 14.9 Å². The lowest BCUT2D eigenvalue weighted by Gasteiger charge is -2.39. The standard InChI is InChI=1S/C25H33N5O5/c1-6-30-21-19(15-34-24(30)32)11-26-22(28-21)27-16(2)18-9-7-17(8-10-18)14-33-20-12-29(13-20)23(31)35-25(3,4)5/h7-11,16,20H,6,12-15H2,1-5H3,(H,26,27,28). The van der Waals surface area contributed by atoms with Crippen LogP contribution in [0.1, 0.15) is 57.4 Å². The van der Waals surface area contributed by atoms with Gasteiger partial charge in [0, 0.05) is 12.7 Å². The number of nitrogens with zero attached hydrogens (tertiary/aromatic N) is 4. The Bertz CT molecular complexity index is 1060. The molecule has 0 radical (unpaired) electrons. The van der Waals surface area contributed by atoms with Crippen LogP contribution in [-0.2, 0) is 27.4 Å². The first-order valence-corrected chi connectivity index (χ1v) is 11.9. The van der Waals surface area contributed by atoms with Crippen LogP contribution < -0.4 is 10.2 Å². The Kier molecular flexibility index (Phi) is 7.11. The second-order valence-corrected chi connectivity index (χ2v) is 9.77. The zero-order valence-corrected chi connectivity index (χ0v) is 20.9. The van der Waals surface area contributed by atoms with Gasteiger partial charge in [0.15, 0.2) is 0 Å². The van der Waals surface area contributed by atoms with E-state index in [0.717, 1.165) is 16.7 Å². The molecule has 2 aliphatic rings. The lowest BCUT2D eigenvalue weighted by Crippen LogP contribution is -2.55. The van der Waals surface area contributed by atoms with Crippen molar-refractivity contribution in [1.29, 1.82) is 0 Å². The number of carbonyl (C=O) groups is 2. The van der Waals surface area contributed by atoms with Gasteiger partial charge in [-0.05, 0) is 45.7 Å². The van der Waals surface area contributed by atoms with E-state index in [2.05, 4.69) is 15.3 Å². The highest BCUT2D eigenvalue weighted by Crippen LogP contribution is 2.27. The molecular weight excluding hydrogens is 450 g/mol. The van der Waals surface area contributed by atoms with Crippen LogP contribution in [0.25, 0.3) is 0 Å². The Hall–Kier alpha value is -3.40. The first-order valence-electron chi connectivity index (χ1n) is 11.9. The van der Waals surface area contributed by atoms with Crippen LogP contribution in [0, 0.1) is 0 Å². The van der Waals surface area contributed by atoms with Gasteiger partial charge in [-0.15, -0.1) is 0 Å². The summed E-state index contributed by atoms with van der Waals surface area (Å²) in [5, 5.41) is 3.31. The fourth-order valence-corrected chi connectivity index (χ4v) is 3.80. The van der Waals surface area contributed by atoms with Crippen LogP contribution in [-0.4, -0.2) is 58.4 Å². The summed E-state index contributed by atoms with van der Waals surface area (Å²) in [6.45, 7) is 11.7. The summed E-state index contributed by atoms with van der Waals surface area (Å²) in [5.74, 6) is 1.04. The monoisotopic (exact) mass is 483 g/mol. The highest BCUT2D eigenvalue weighted by molar-refractivity contribution is 5.89. The molecule has 0 bridgehead atoms. The Morgan fingerprint density at radius 2 is 1.97 bits per heavy atom. The van der Waals surface area contributed by atoms with Crippen LogP contribution in [0.2, 0.25) is 0 Å². The zero-order chi connectivity index (χ0) is 25.2. The predicted molar refractivity (Wildman–Crippen MR) is 130 cm³/mol. The van der Waals surface area contributed by atoms with Gasteiger partial charge in [0.2, 0.25) is 5.95 Å². The fourth-order valence-electron chi connectivity index (χ4n) is 3.80. The second kappa shape index (κ2) is 10.1. The average molecular weight is 484 g/mol. The zero-order valence-electron chi connectivity index (χ0n) is 20.9. The van der Waals surface area contributed by atoms with Gasteiger partial charge in [-0.1, -0.05) is 24.3 Å². The number of cyclic esters (lactones) is 1. The Morgan fingerprint density at radius 3 is 2.63 bits per heavy atom. The van der Waals surface area contributed by atoms with Crippen molar-refractivity contribution in [2.75, 3.05) is 29.9 Å². The summed E-state index contributed by atoms with van der Waals surface area (Å²) in [5.41, 5.74) is 2.42. The van der Waals surface area contributed by atoms with Crippen LogP contribution in [0.4, 0.5) is 21.4 Å². The second-order valence-electron chi connectivity index (χ2n) is 9.77. The molecule has 3 heterocycles. The van der Waals surface area contributed by atoms with E-state index in [1.165, 1.54) is 4.90 Å². The molecule has 1 unspecified atom stereocenters. The highest BCUT2D eigenvalue weighted by atomic mass is 16.6. The van der Waals surface area contributed by atoms with E-state index in [1.807, 2.05) is 58.9 Å². The molecule has 10 nitrogen and oxygen atoms in total. The number of amides is 2. The summed E-state index contributed by atoms with van der Waals surface area (Å²) >= 11 is 0. The smallest absolute Gasteiger partial charge is 0.415 e.